The van der Waals surface area contributed by atoms with E-state index in [1.807, 2.05) is 25.4 Å². The normalized spacial score (nSPS) is 19.7. The molecular weight excluding hydrogens is 428 g/mol. The van der Waals surface area contributed by atoms with Gasteiger partial charge in [-0.3, -0.25) is 4.79 Å². The Kier molecular flexibility index (Phi) is 6.43. The van der Waals surface area contributed by atoms with Gasteiger partial charge in [-0.1, -0.05) is 25.1 Å². The van der Waals surface area contributed by atoms with Crippen LogP contribution < -0.4 is 10.2 Å². The average molecular weight is 457 g/mol. The lowest BCUT2D eigenvalue weighted by molar-refractivity contribution is 0.0956. The van der Waals surface area contributed by atoms with Crippen LogP contribution in [0.4, 0.5) is 5.82 Å². The molecular formula is C22H28N6O3S. The molecule has 0 aliphatic carbocycles. The van der Waals surface area contributed by atoms with Gasteiger partial charge in [-0.25, -0.2) is 18.4 Å². The number of rotatable bonds is 7. The maximum Gasteiger partial charge on any atom is 0.251 e. The van der Waals surface area contributed by atoms with E-state index in [2.05, 4.69) is 32.1 Å². The van der Waals surface area contributed by atoms with Crippen molar-refractivity contribution in [3.8, 4) is 0 Å². The maximum absolute atomic E-state index is 13.0. The summed E-state index contributed by atoms with van der Waals surface area (Å²) in [5, 5.41) is 3.61. The number of aromatic nitrogens is 3. The Bertz CT molecular complexity index is 1180. The first kappa shape index (κ1) is 22.2. The van der Waals surface area contributed by atoms with E-state index in [1.165, 1.54) is 6.33 Å². The number of hydrogen-bond donors (Lipinski definition) is 2. The van der Waals surface area contributed by atoms with Gasteiger partial charge in [-0.2, -0.15) is 4.31 Å². The molecule has 1 fully saturated rings. The van der Waals surface area contributed by atoms with Crippen LogP contribution in [-0.4, -0.2) is 72.1 Å². The van der Waals surface area contributed by atoms with E-state index in [9.17, 15) is 13.2 Å². The number of H-pyrrole nitrogens is 1. The molecule has 1 aliphatic heterocycles. The summed E-state index contributed by atoms with van der Waals surface area (Å²) in [6.45, 7) is 3.06. The number of carbonyl (C=O) groups excluding carboxylic acids is 1. The number of piperidine rings is 1. The molecule has 0 radical (unpaired) electrons. The third kappa shape index (κ3) is 4.61. The molecule has 0 spiro atoms. The van der Waals surface area contributed by atoms with Crippen LogP contribution in [-0.2, 0) is 10.0 Å². The van der Waals surface area contributed by atoms with Gasteiger partial charge in [0.1, 0.15) is 17.8 Å². The first-order valence-corrected chi connectivity index (χ1v) is 12.3. The lowest BCUT2D eigenvalue weighted by Gasteiger charge is -2.41. The molecule has 3 aromatic rings. The lowest BCUT2D eigenvalue weighted by atomic mass is 9.93. The number of nitrogens with zero attached hydrogens (tertiary/aromatic N) is 4. The van der Waals surface area contributed by atoms with Crippen molar-refractivity contribution in [3.63, 3.8) is 0 Å². The topological polar surface area (TPSA) is 111 Å². The van der Waals surface area contributed by atoms with Crippen molar-refractivity contribution in [1.82, 2.24) is 24.6 Å². The fourth-order valence-corrected chi connectivity index (χ4v) is 5.57. The molecule has 2 unspecified atom stereocenters. The summed E-state index contributed by atoms with van der Waals surface area (Å²) in [4.78, 5) is 26.0. The minimum Gasteiger partial charge on any atom is -0.354 e. The molecule has 1 aromatic carbocycles. The molecule has 0 saturated carbocycles. The minimum absolute atomic E-state index is 0.0227. The summed E-state index contributed by atoms with van der Waals surface area (Å²) >= 11 is 0. The Morgan fingerprint density at radius 1 is 1.25 bits per heavy atom. The number of hydrogen-bond acceptors (Lipinski definition) is 6. The zero-order valence-corrected chi connectivity index (χ0v) is 19.0. The molecule has 2 aromatic heterocycles. The van der Waals surface area contributed by atoms with Crippen LogP contribution in [0.15, 0.2) is 48.9 Å². The predicted octanol–water partition coefficient (Wildman–Crippen LogP) is 1.86. The second-order valence-electron chi connectivity index (χ2n) is 8.18. The predicted molar refractivity (Wildman–Crippen MR) is 124 cm³/mol. The summed E-state index contributed by atoms with van der Waals surface area (Å²) in [5.41, 5.74) is 1.27. The first-order chi connectivity index (χ1) is 15.4. The van der Waals surface area contributed by atoms with Gasteiger partial charge in [-0.15, -0.1) is 0 Å². The number of sulfonamides is 1. The van der Waals surface area contributed by atoms with Crippen molar-refractivity contribution in [2.24, 2.45) is 5.92 Å². The van der Waals surface area contributed by atoms with E-state index < -0.39 is 10.0 Å². The Hall–Kier alpha value is -2.98. The van der Waals surface area contributed by atoms with E-state index in [0.29, 0.717) is 24.6 Å². The second-order valence-corrected chi connectivity index (χ2v) is 10.3. The molecule has 2 atom stereocenters. The standard InChI is InChI=1S/C22H28N6O3S/c1-16-9-12-28(32(30,31)13-11-24-22(29)17-6-4-3-5-7-17)14-19(16)27(2)21-18-8-10-23-20(18)25-15-26-21/h3-8,10,15-16,19H,9,11-14H2,1-2H3,(H,24,29)(H,23,25,26). The Morgan fingerprint density at radius 3 is 2.81 bits per heavy atom. The van der Waals surface area contributed by atoms with Gasteiger partial charge < -0.3 is 15.2 Å². The molecule has 0 bridgehead atoms. The number of fused-ring (bicyclic) bond motifs is 1. The number of anilines is 1. The number of amides is 1. The smallest absolute Gasteiger partial charge is 0.251 e. The van der Waals surface area contributed by atoms with Gasteiger partial charge >= 0.3 is 0 Å². The Balaban J connectivity index is 1.41. The monoisotopic (exact) mass is 456 g/mol. The van der Waals surface area contributed by atoms with Gasteiger partial charge in [0.2, 0.25) is 10.0 Å². The number of likely N-dealkylation sites (N-methyl/N-ethyl adjacent to an activating group) is 1. The van der Waals surface area contributed by atoms with Crippen LogP contribution in [0.25, 0.3) is 11.0 Å². The molecule has 1 amide bonds. The summed E-state index contributed by atoms with van der Waals surface area (Å²) < 4.78 is 27.6. The van der Waals surface area contributed by atoms with E-state index in [1.54, 1.807) is 28.6 Å². The third-order valence-corrected chi connectivity index (χ3v) is 7.96. The van der Waals surface area contributed by atoms with Gasteiger partial charge in [0.05, 0.1) is 11.1 Å². The van der Waals surface area contributed by atoms with Crippen molar-refractivity contribution < 1.29 is 13.2 Å². The van der Waals surface area contributed by atoms with E-state index >= 15 is 0 Å². The minimum atomic E-state index is -3.51. The molecule has 32 heavy (non-hydrogen) atoms. The SMILES string of the molecule is CC1CCN(S(=O)(=O)CCNC(=O)c2ccccc2)CC1N(C)c1ncnc2[nH]ccc12. The maximum atomic E-state index is 13.0. The van der Waals surface area contributed by atoms with Crippen LogP contribution in [0, 0.1) is 5.92 Å². The highest BCUT2D eigenvalue weighted by Gasteiger charge is 2.35. The summed E-state index contributed by atoms with van der Waals surface area (Å²) in [6.07, 6.45) is 4.09. The Labute approximate surface area is 187 Å². The molecule has 1 aliphatic rings. The van der Waals surface area contributed by atoms with Gasteiger partial charge in [0, 0.05) is 44.5 Å². The van der Waals surface area contributed by atoms with Gasteiger partial charge in [0.15, 0.2) is 0 Å². The van der Waals surface area contributed by atoms with Crippen molar-refractivity contribution in [2.75, 3.05) is 37.3 Å². The van der Waals surface area contributed by atoms with Crippen molar-refractivity contribution in [1.29, 1.82) is 0 Å². The van der Waals surface area contributed by atoms with Crippen LogP contribution in [0.3, 0.4) is 0 Å². The second kappa shape index (κ2) is 9.25. The quantitative estimate of drug-likeness (QED) is 0.561. The van der Waals surface area contributed by atoms with Crippen molar-refractivity contribution in [3.05, 3.63) is 54.5 Å². The molecule has 2 N–H and O–H groups in total. The number of carbonyl (C=O) groups is 1. The molecule has 10 heteroatoms. The van der Waals surface area contributed by atoms with E-state index in [4.69, 9.17) is 0 Å². The van der Waals surface area contributed by atoms with E-state index in [-0.39, 0.29) is 24.2 Å². The zero-order valence-electron chi connectivity index (χ0n) is 18.2. The summed E-state index contributed by atoms with van der Waals surface area (Å²) in [6, 6.07) is 10.7. The number of benzene rings is 1. The lowest BCUT2D eigenvalue weighted by Crippen LogP contribution is -2.53. The molecule has 4 rings (SSSR count). The highest BCUT2D eigenvalue weighted by atomic mass is 32.2. The van der Waals surface area contributed by atoms with E-state index in [0.717, 1.165) is 23.3 Å². The van der Waals surface area contributed by atoms with Gasteiger partial charge in [-0.05, 0) is 30.5 Å². The highest BCUT2D eigenvalue weighted by molar-refractivity contribution is 7.89. The van der Waals surface area contributed by atoms with Crippen LogP contribution >= 0.6 is 0 Å². The fourth-order valence-electron chi connectivity index (χ4n) is 4.19. The summed E-state index contributed by atoms with van der Waals surface area (Å²) in [7, 11) is -1.56. The Morgan fingerprint density at radius 2 is 2.03 bits per heavy atom. The summed E-state index contributed by atoms with van der Waals surface area (Å²) in [5.74, 6) is 0.673. The zero-order chi connectivity index (χ0) is 22.7. The molecule has 3 heterocycles. The third-order valence-electron chi connectivity index (χ3n) is 6.12. The first-order valence-electron chi connectivity index (χ1n) is 10.7. The fraction of sp³-hybridized carbons (Fsp3) is 0.409. The van der Waals surface area contributed by atoms with Crippen LogP contribution in [0.2, 0.25) is 0 Å². The van der Waals surface area contributed by atoms with Crippen molar-refractivity contribution >= 4 is 32.8 Å². The molecule has 170 valence electrons. The molecule has 1 saturated heterocycles. The average Bonchev–Trinajstić information content (AvgIpc) is 3.28. The van der Waals surface area contributed by atoms with Crippen LogP contribution in [0.5, 0.6) is 0 Å². The van der Waals surface area contributed by atoms with Crippen LogP contribution in [0.1, 0.15) is 23.7 Å². The highest BCUT2D eigenvalue weighted by Crippen LogP contribution is 2.29. The number of nitrogens with one attached hydrogen (secondary N) is 2. The van der Waals surface area contributed by atoms with Crippen molar-refractivity contribution in [2.45, 2.75) is 19.4 Å². The van der Waals surface area contributed by atoms with Gasteiger partial charge in [0.25, 0.3) is 5.91 Å². The number of aromatic amines is 1. The molecule has 9 nitrogen and oxygen atoms in total. The largest absolute Gasteiger partial charge is 0.354 e.